The Labute approximate surface area is 252 Å². The molecule has 0 aliphatic rings. The number of pyridine rings is 1. The molecule has 5 rings (SSSR count). The minimum atomic E-state index is 0.594. The zero-order valence-corrected chi connectivity index (χ0v) is 25.9. The Morgan fingerprint density at radius 2 is 1.76 bits per heavy atom. The van der Waals surface area contributed by atoms with Crippen LogP contribution in [-0.4, -0.2) is 26.8 Å². The van der Waals surface area contributed by atoms with Gasteiger partial charge in [0.1, 0.15) is 17.3 Å². The third-order valence-electron chi connectivity index (χ3n) is 7.44. The number of aromatic nitrogens is 4. The first-order chi connectivity index (χ1) is 20.5. The van der Waals surface area contributed by atoms with Crippen molar-refractivity contribution in [1.82, 2.24) is 19.7 Å². The van der Waals surface area contributed by atoms with Crippen LogP contribution in [0.2, 0.25) is 0 Å². The van der Waals surface area contributed by atoms with Crippen LogP contribution in [0, 0.1) is 13.8 Å². The lowest BCUT2D eigenvalue weighted by Crippen LogP contribution is -2.05. The van der Waals surface area contributed by atoms with E-state index in [0.717, 1.165) is 77.9 Å². The lowest BCUT2D eigenvalue weighted by Gasteiger charge is -2.16. The molecule has 2 aromatic carbocycles. The highest BCUT2D eigenvalue weighted by atomic mass is 32.2. The van der Waals surface area contributed by atoms with Crippen molar-refractivity contribution in [2.45, 2.75) is 71.2 Å². The zero-order chi connectivity index (χ0) is 29.5. The second kappa shape index (κ2) is 13.7. The molecular weight excluding hydrogens is 542 g/mol. The molecule has 0 spiro atoms. The molecule has 3 heterocycles. The molecule has 0 aliphatic heterocycles. The van der Waals surface area contributed by atoms with Gasteiger partial charge in [0, 0.05) is 35.7 Å². The quantitative estimate of drug-likeness (QED) is 0.139. The summed E-state index contributed by atoms with van der Waals surface area (Å²) in [5.41, 5.74) is 7.81. The van der Waals surface area contributed by atoms with Gasteiger partial charge in [-0.25, -0.2) is 9.97 Å². The Kier molecular flexibility index (Phi) is 9.64. The van der Waals surface area contributed by atoms with Gasteiger partial charge in [0.15, 0.2) is 5.82 Å². The highest BCUT2D eigenvalue weighted by Gasteiger charge is 2.15. The molecule has 0 unspecified atom stereocenters. The summed E-state index contributed by atoms with van der Waals surface area (Å²) in [5, 5.41) is 4.16. The van der Waals surface area contributed by atoms with Gasteiger partial charge in [0.25, 0.3) is 0 Å². The summed E-state index contributed by atoms with van der Waals surface area (Å²) in [6, 6.07) is 21.2. The maximum Gasteiger partial charge on any atom is 0.213 e. The molecule has 0 fully saturated rings. The van der Waals surface area contributed by atoms with E-state index in [1.807, 2.05) is 32.0 Å². The Balaban J connectivity index is 1.44. The van der Waals surface area contributed by atoms with Crippen molar-refractivity contribution in [3.63, 3.8) is 0 Å². The smallest absolute Gasteiger partial charge is 0.213 e. The number of aryl methyl sites for hydroxylation is 3. The summed E-state index contributed by atoms with van der Waals surface area (Å²) in [5.74, 6) is 3.27. The van der Waals surface area contributed by atoms with Gasteiger partial charge in [-0.3, -0.25) is 0 Å². The molecule has 0 amide bonds. The van der Waals surface area contributed by atoms with E-state index in [1.54, 1.807) is 19.1 Å². The fraction of sp³-hybridized carbons (Fsp3) is 0.324. The number of nitrogens with one attached hydrogen (secondary N) is 1. The van der Waals surface area contributed by atoms with Crippen molar-refractivity contribution in [2.75, 3.05) is 11.8 Å². The number of rotatable bonds is 13. The summed E-state index contributed by atoms with van der Waals surface area (Å²) < 4.78 is 16.4. The van der Waals surface area contributed by atoms with E-state index in [2.05, 4.69) is 81.9 Å². The van der Waals surface area contributed by atoms with Gasteiger partial charge in [0.05, 0.1) is 12.8 Å². The number of imidazole rings is 1. The van der Waals surface area contributed by atoms with Crippen LogP contribution >= 0.6 is 11.9 Å². The van der Waals surface area contributed by atoms with Crippen LogP contribution in [0.3, 0.4) is 0 Å². The molecule has 42 heavy (non-hydrogen) atoms. The molecule has 0 saturated heterocycles. The Hall–Kier alpha value is -4.04. The fourth-order valence-corrected chi connectivity index (χ4v) is 5.83. The number of ether oxygens (including phenoxy) is 1. The maximum absolute atomic E-state index is 5.35. The molecule has 0 aliphatic carbocycles. The summed E-state index contributed by atoms with van der Waals surface area (Å²) in [6.45, 7) is 9.16. The van der Waals surface area contributed by atoms with Crippen LogP contribution in [-0.2, 0) is 19.4 Å². The van der Waals surface area contributed by atoms with E-state index in [1.165, 1.54) is 22.3 Å². The zero-order valence-electron chi connectivity index (χ0n) is 25.1. The number of hydrogen-bond acceptors (Lipinski definition) is 7. The van der Waals surface area contributed by atoms with Crippen molar-refractivity contribution in [2.24, 2.45) is 0 Å². The minimum absolute atomic E-state index is 0.594. The van der Waals surface area contributed by atoms with Gasteiger partial charge in [-0.15, -0.1) is 0 Å². The first kappa shape index (κ1) is 29.5. The molecule has 5 aromatic rings. The number of benzene rings is 2. The highest BCUT2D eigenvalue weighted by molar-refractivity contribution is 8.00. The lowest BCUT2D eigenvalue weighted by atomic mass is 9.94. The summed E-state index contributed by atoms with van der Waals surface area (Å²) in [7, 11) is 1.64. The Morgan fingerprint density at radius 3 is 2.52 bits per heavy atom. The van der Waals surface area contributed by atoms with Crippen LogP contribution in [0.5, 0.6) is 5.88 Å². The molecule has 3 aromatic heterocycles. The predicted molar refractivity (Wildman–Crippen MR) is 171 cm³/mol. The van der Waals surface area contributed by atoms with Gasteiger partial charge >= 0.3 is 0 Å². The Morgan fingerprint density at radius 1 is 0.905 bits per heavy atom. The van der Waals surface area contributed by atoms with Crippen LogP contribution in [0.4, 0.5) is 5.82 Å². The normalized spacial score (nSPS) is 11.2. The van der Waals surface area contributed by atoms with Crippen LogP contribution in [0.15, 0.2) is 76.3 Å². The molecule has 0 bridgehead atoms. The third-order valence-corrected chi connectivity index (χ3v) is 8.31. The lowest BCUT2D eigenvalue weighted by molar-refractivity contribution is 0.398. The summed E-state index contributed by atoms with van der Waals surface area (Å²) in [6.07, 6.45) is 7.35. The van der Waals surface area contributed by atoms with Gasteiger partial charge in [0.2, 0.25) is 5.88 Å². The molecule has 0 atom stereocenters. The first-order valence-electron chi connectivity index (χ1n) is 14.6. The van der Waals surface area contributed by atoms with Crippen molar-refractivity contribution in [3.8, 4) is 28.4 Å². The van der Waals surface area contributed by atoms with Crippen molar-refractivity contribution < 1.29 is 9.26 Å². The van der Waals surface area contributed by atoms with Gasteiger partial charge < -0.3 is 18.5 Å². The third kappa shape index (κ3) is 6.71. The van der Waals surface area contributed by atoms with E-state index < -0.39 is 0 Å². The maximum atomic E-state index is 5.35. The topological polar surface area (TPSA) is 78.0 Å². The Bertz CT molecular complexity index is 1640. The van der Waals surface area contributed by atoms with Crippen molar-refractivity contribution in [1.29, 1.82) is 0 Å². The van der Waals surface area contributed by atoms with E-state index in [0.29, 0.717) is 5.88 Å². The highest BCUT2D eigenvalue weighted by Crippen LogP contribution is 2.35. The van der Waals surface area contributed by atoms with Gasteiger partial charge in [-0.05, 0) is 73.0 Å². The number of unbranched alkanes of at least 4 members (excludes halogenated alkanes) is 1. The van der Waals surface area contributed by atoms with E-state index in [4.69, 9.17) is 14.2 Å². The van der Waals surface area contributed by atoms with Gasteiger partial charge in [-0.2, -0.15) is 0 Å². The van der Waals surface area contributed by atoms with Crippen LogP contribution < -0.4 is 9.46 Å². The molecule has 7 nitrogen and oxygen atoms in total. The van der Waals surface area contributed by atoms with E-state index in [9.17, 15) is 0 Å². The fourth-order valence-electron chi connectivity index (χ4n) is 5.00. The van der Waals surface area contributed by atoms with Gasteiger partial charge in [-0.1, -0.05) is 74.3 Å². The number of hydrogen-bond donors (Lipinski definition) is 1. The number of nitrogens with zero attached hydrogens (tertiary/aromatic N) is 4. The molecule has 8 heteroatoms. The largest absolute Gasteiger partial charge is 0.481 e. The molecule has 0 radical (unpaired) electrons. The summed E-state index contributed by atoms with van der Waals surface area (Å²) >= 11 is 1.57. The second-order valence-corrected chi connectivity index (χ2v) is 11.3. The minimum Gasteiger partial charge on any atom is -0.481 e. The predicted octanol–water partition coefficient (Wildman–Crippen LogP) is 8.69. The van der Waals surface area contributed by atoms with Crippen LogP contribution in [0.25, 0.3) is 22.5 Å². The molecule has 1 N–H and O–H groups in total. The monoisotopic (exact) mass is 581 g/mol. The van der Waals surface area contributed by atoms with E-state index in [-0.39, 0.29) is 0 Å². The SMILES string of the molecule is CCCCc1nc(-c2cccc(OC)n2)cn1Cc1ccc(-c2ccccc2SNc2noc(C)c2C)c(CCC)c1. The molecular formula is C34H39N5O2S. The molecule has 0 saturated carbocycles. The average molecular weight is 582 g/mol. The van der Waals surface area contributed by atoms with Crippen molar-refractivity contribution in [3.05, 3.63) is 95.1 Å². The second-order valence-electron chi connectivity index (χ2n) is 10.5. The van der Waals surface area contributed by atoms with E-state index >= 15 is 0 Å². The standard InChI is InChI=1S/C34H39N5O2S/c1-6-8-16-32-35-30(29-14-11-17-33(36-29)40-5)22-39(32)21-25-18-19-27(26(20-25)12-7-2)28-13-9-10-15-31(28)42-38-34-23(3)24(4)41-37-34/h9-11,13-15,17-20,22H,6-8,12,16,21H2,1-5H3,(H,37,38). The van der Waals surface area contributed by atoms with Crippen molar-refractivity contribution >= 4 is 17.8 Å². The molecule has 218 valence electrons. The summed E-state index contributed by atoms with van der Waals surface area (Å²) in [4.78, 5) is 10.8. The average Bonchev–Trinajstić information content (AvgIpc) is 3.57. The number of methoxy groups -OCH3 is 1. The van der Waals surface area contributed by atoms with Crippen LogP contribution in [0.1, 0.15) is 61.4 Å². The number of anilines is 1. The first-order valence-corrected chi connectivity index (χ1v) is 15.5.